The van der Waals surface area contributed by atoms with Crippen molar-refractivity contribution >= 4 is 28.7 Å². The van der Waals surface area contributed by atoms with Crippen molar-refractivity contribution in [3.05, 3.63) is 48.3 Å². The third kappa shape index (κ3) is 6.51. The third-order valence-electron chi connectivity index (χ3n) is 5.85. The van der Waals surface area contributed by atoms with E-state index >= 15 is 0 Å². The predicted octanol–water partition coefficient (Wildman–Crippen LogP) is 3.24. The summed E-state index contributed by atoms with van der Waals surface area (Å²) in [5, 5.41) is 6.38. The van der Waals surface area contributed by atoms with Crippen LogP contribution < -0.4 is 15.5 Å². The van der Waals surface area contributed by atoms with Gasteiger partial charge in [0.1, 0.15) is 17.1 Å². The molecule has 1 aromatic carbocycles. The summed E-state index contributed by atoms with van der Waals surface area (Å²) in [6.07, 6.45) is 1.41. The van der Waals surface area contributed by atoms with Crippen molar-refractivity contribution in [2.24, 2.45) is 0 Å². The second-order valence-electron chi connectivity index (χ2n) is 9.87. The van der Waals surface area contributed by atoms with Gasteiger partial charge in [0.2, 0.25) is 0 Å². The number of benzene rings is 1. The van der Waals surface area contributed by atoms with Crippen LogP contribution in [0.1, 0.15) is 31.3 Å². The minimum Gasteiger partial charge on any atom is -0.444 e. The Morgan fingerprint density at radius 3 is 2.40 bits per heavy atom. The Kier molecular flexibility index (Phi) is 7.25. The Bertz CT molecular complexity index is 1170. The molecule has 3 heterocycles. The summed E-state index contributed by atoms with van der Waals surface area (Å²) in [7, 11) is 2.14. The van der Waals surface area contributed by atoms with Gasteiger partial charge in [-0.2, -0.15) is 0 Å². The highest BCUT2D eigenvalue weighted by atomic mass is 16.6. The first kappa shape index (κ1) is 24.5. The number of hydrogen-bond donors (Lipinski definition) is 3. The van der Waals surface area contributed by atoms with Gasteiger partial charge in [0, 0.05) is 61.9 Å². The van der Waals surface area contributed by atoms with Gasteiger partial charge in [-0.3, -0.25) is 4.79 Å². The average Bonchev–Trinajstić information content (AvgIpc) is 3.25. The molecule has 1 saturated heterocycles. The molecular weight excluding hydrogens is 444 g/mol. The smallest absolute Gasteiger partial charge is 0.407 e. The quantitative estimate of drug-likeness (QED) is 0.470. The zero-order valence-corrected chi connectivity index (χ0v) is 20.9. The van der Waals surface area contributed by atoms with E-state index in [1.54, 1.807) is 20.8 Å². The van der Waals surface area contributed by atoms with E-state index in [0.29, 0.717) is 12.2 Å². The maximum atomic E-state index is 12.5. The lowest BCUT2D eigenvalue weighted by Gasteiger charge is -2.33. The number of hydrogen-bond acceptors (Lipinski definition) is 6. The number of ether oxygens (including phenoxy) is 1. The molecule has 9 nitrogen and oxygen atoms in total. The highest BCUT2D eigenvalue weighted by Crippen LogP contribution is 2.26. The normalized spacial score (nSPS) is 14.7. The molecule has 35 heavy (non-hydrogen) atoms. The molecule has 0 saturated carbocycles. The number of alkyl carbamates (subject to hydrolysis) is 1. The third-order valence-corrected chi connectivity index (χ3v) is 5.85. The zero-order valence-electron chi connectivity index (χ0n) is 20.9. The number of likely N-dealkylation sites (N-methyl/N-ethyl adjacent to an activating group) is 1. The van der Waals surface area contributed by atoms with Crippen molar-refractivity contribution in [2.75, 3.05) is 51.2 Å². The van der Waals surface area contributed by atoms with E-state index < -0.39 is 11.7 Å². The van der Waals surface area contributed by atoms with E-state index in [1.165, 1.54) is 0 Å². The summed E-state index contributed by atoms with van der Waals surface area (Å²) in [4.78, 5) is 36.7. The summed E-state index contributed by atoms with van der Waals surface area (Å²) in [5.41, 5.74) is 2.87. The van der Waals surface area contributed by atoms with Crippen LogP contribution in [0.5, 0.6) is 0 Å². The van der Waals surface area contributed by atoms with Gasteiger partial charge in [0.05, 0.1) is 0 Å². The predicted molar refractivity (Wildman–Crippen MR) is 138 cm³/mol. The average molecular weight is 479 g/mol. The van der Waals surface area contributed by atoms with Crippen LogP contribution in [0.4, 0.5) is 10.6 Å². The second-order valence-corrected chi connectivity index (χ2v) is 9.87. The van der Waals surface area contributed by atoms with Crippen molar-refractivity contribution in [1.82, 2.24) is 25.5 Å². The number of fused-ring (bicyclic) bond motifs is 1. The van der Waals surface area contributed by atoms with Gasteiger partial charge in [-0.1, -0.05) is 6.07 Å². The number of nitrogens with one attached hydrogen (secondary N) is 3. The molecule has 1 aliphatic heterocycles. The maximum Gasteiger partial charge on any atom is 0.407 e. The molecule has 4 rings (SSSR count). The number of pyridine rings is 1. The summed E-state index contributed by atoms with van der Waals surface area (Å²) < 4.78 is 5.18. The number of H-pyrrole nitrogens is 1. The van der Waals surface area contributed by atoms with Crippen molar-refractivity contribution in [1.29, 1.82) is 0 Å². The van der Waals surface area contributed by atoms with E-state index in [0.717, 1.165) is 54.0 Å². The Hall–Kier alpha value is -3.59. The molecule has 0 atom stereocenters. The molecule has 3 N–H and O–H groups in total. The van der Waals surface area contributed by atoms with Crippen molar-refractivity contribution in [2.45, 2.75) is 26.4 Å². The van der Waals surface area contributed by atoms with E-state index in [1.807, 2.05) is 24.4 Å². The summed E-state index contributed by atoms with van der Waals surface area (Å²) in [6.45, 7) is 10.0. The molecule has 0 spiro atoms. The van der Waals surface area contributed by atoms with Gasteiger partial charge < -0.3 is 30.2 Å². The number of carbonyl (C=O) groups is 2. The largest absolute Gasteiger partial charge is 0.444 e. The number of amides is 2. The van der Waals surface area contributed by atoms with Crippen molar-refractivity contribution < 1.29 is 14.3 Å². The van der Waals surface area contributed by atoms with Crippen molar-refractivity contribution in [3.63, 3.8) is 0 Å². The Balaban J connectivity index is 1.35. The minimum atomic E-state index is -0.556. The second kappa shape index (κ2) is 10.4. The highest BCUT2D eigenvalue weighted by molar-refractivity contribution is 5.98. The summed E-state index contributed by atoms with van der Waals surface area (Å²) in [6, 6.07) is 12.1. The van der Waals surface area contributed by atoms with Gasteiger partial charge in [0.25, 0.3) is 5.91 Å². The van der Waals surface area contributed by atoms with Gasteiger partial charge in [-0.25, -0.2) is 9.78 Å². The molecule has 1 aliphatic rings. The minimum absolute atomic E-state index is 0.230. The molecule has 0 aliphatic carbocycles. The molecule has 186 valence electrons. The fraction of sp³-hybridized carbons (Fsp3) is 0.423. The van der Waals surface area contributed by atoms with E-state index in [4.69, 9.17) is 4.74 Å². The maximum absolute atomic E-state index is 12.5. The SMILES string of the molecule is CN1CCN(c2ccc(-c3ccc4[nH]c(C(=O)NCCNC(=O)OC(C)(C)C)cc4c3)cn2)CC1. The zero-order chi connectivity index (χ0) is 25.0. The molecule has 9 heteroatoms. The summed E-state index contributed by atoms with van der Waals surface area (Å²) in [5.74, 6) is 0.775. The van der Waals surface area contributed by atoms with E-state index in [-0.39, 0.29) is 12.5 Å². The fourth-order valence-electron chi connectivity index (χ4n) is 3.96. The first-order chi connectivity index (χ1) is 16.7. The first-order valence-corrected chi connectivity index (χ1v) is 12.0. The lowest BCUT2D eigenvalue weighted by atomic mass is 10.1. The number of anilines is 1. The van der Waals surface area contributed by atoms with Crippen LogP contribution in [0.25, 0.3) is 22.0 Å². The van der Waals surface area contributed by atoms with Crippen molar-refractivity contribution in [3.8, 4) is 11.1 Å². The van der Waals surface area contributed by atoms with Crippen LogP contribution in [0.2, 0.25) is 0 Å². The lowest BCUT2D eigenvalue weighted by molar-refractivity contribution is 0.0526. The molecule has 0 radical (unpaired) electrons. The lowest BCUT2D eigenvalue weighted by Crippen LogP contribution is -2.44. The van der Waals surface area contributed by atoms with Crippen LogP contribution in [0, 0.1) is 0 Å². The highest BCUT2D eigenvalue weighted by Gasteiger charge is 2.17. The van der Waals surface area contributed by atoms with E-state index in [2.05, 4.69) is 55.6 Å². The molecule has 2 amide bonds. The van der Waals surface area contributed by atoms with E-state index in [9.17, 15) is 9.59 Å². The number of nitrogens with zero attached hydrogens (tertiary/aromatic N) is 3. The van der Waals surface area contributed by atoms with Crippen LogP contribution in [0.3, 0.4) is 0 Å². The molecule has 0 unspecified atom stereocenters. The van der Waals surface area contributed by atoms with Gasteiger partial charge in [-0.15, -0.1) is 0 Å². The molecule has 0 bridgehead atoms. The van der Waals surface area contributed by atoms with Crippen LogP contribution in [-0.4, -0.2) is 78.8 Å². The molecule has 1 fully saturated rings. The topological polar surface area (TPSA) is 103 Å². The fourth-order valence-corrected chi connectivity index (χ4v) is 3.96. The summed E-state index contributed by atoms with van der Waals surface area (Å²) >= 11 is 0. The Labute approximate surface area is 205 Å². The first-order valence-electron chi connectivity index (χ1n) is 12.0. The number of aromatic amines is 1. The number of aromatic nitrogens is 2. The van der Waals surface area contributed by atoms with Crippen LogP contribution >= 0.6 is 0 Å². The molecular formula is C26H34N6O3. The Morgan fingerprint density at radius 2 is 1.71 bits per heavy atom. The monoisotopic (exact) mass is 478 g/mol. The van der Waals surface area contributed by atoms with Gasteiger partial charge in [-0.05, 0) is 63.7 Å². The van der Waals surface area contributed by atoms with Gasteiger partial charge in [0.15, 0.2) is 0 Å². The molecule has 3 aromatic rings. The Morgan fingerprint density at radius 1 is 1.00 bits per heavy atom. The van der Waals surface area contributed by atoms with Crippen LogP contribution in [0.15, 0.2) is 42.6 Å². The standard InChI is InChI=1S/C26H34N6O3/c1-26(2,3)35-25(34)28-10-9-27-24(33)22-16-20-15-18(5-7-21(20)30-22)19-6-8-23(29-17-19)32-13-11-31(4)12-14-32/h5-8,15-17,30H,9-14H2,1-4H3,(H,27,33)(H,28,34). The van der Waals surface area contributed by atoms with Crippen LogP contribution in [-0.2, 0) is 4.74 Å². The number of piperazine rings is 1. The number of rotatable bonds is 6. The van der Waals surface area contributed by atoms with Gasteiger partial charge >= 0.3 is 6.09 Å². The molecule has 2 aromatic heterocycles. The number of carbonyl (C=O) groups excluding carboxylic acids is 2.